The Balaban J connectivity index is 2.43. The SMILES string of the molecule is CCCOC(=O)n1ccc2c(F)c(OC)ccc21. The van der Waals surface area contributed by atoms with E-state index in [1.54, 1.807) is 6.07 Å². The maximum Gasteiger partial charge on any atom is 0.418 e. The Hall–Kier alpha value is -2.04. The summed E-state index contributed by atoms with van der Waals surface area (Å²) in [5, 5.41) is 0.336. The summed E-state index contributed by atoms with van der Waals surface area (Å²) in [6.07, 6.45) is 1.73. The molecule has 0 saturated carbocycles. The summed E-state index contributed by atoms with van der Waals surface area (Å²) in [7, 11) is 1.40. The van der Waals surface area contributed by atoms with E-state index in [1.807, 2.05) is 6.92 Å². The fourth-order valence-electron chi connectivity index (χ4n) is 1.74. The van der Waals surface area contributed by atoms with Gasteiger partial charge < -0.3 is 9.47 Å². The molecule has 0 unspecified atom stereocenters. The summed E-state index contributed by atoms with van der Waals surface area (Å²) >= 11 is 0. The number of methoxy groups -OCH3 is 1. The van der Waals surface area contributed by atoms with Crippen molar-refractivity contribution >= 4 is 17.0 Å². The van der Waals surface area contributed by atoms with E-state index in [9.17, 15) is 9.18 Å². The lowest BCUT2D eigenvalue weighted by Gasteiger charge is -2.06. The van der Waals surface area contributed by atoms with Crippen LogP contribution in [0.15, 0.2) is 24.4 Å². The quantitative estimate of drug-likeness (QED) is 0.841. The van der Waals surface area contributed by atoms with Crippen LogP contribution >= 0.6 is 0 Å². The molecule has 0 amide bonds. The van der Waals surface area contributed by atoms with E-state index in [1.165, 1.54) is 30.0 Å². The van der Waals surface area contributed by atoms with Crippen molar-refractivity contribution in [3.63, 3.8) is 0 Å². The van der Waals surface area contributed by atoms with Gasteiger partial charge in [0.15, 0.2) is 11.6 Å². The zero-order chi connectivity index (χ0) is 13.1. The zero-order valence-corrected chi connectivity index (χ0v) is 10.3. The van der Waals surface area contributed by atoms with Crippen LogP contribution in [0.1, 0.15) is 13.3 Å². The fourth-order valence-corrected chi connectivity index (χ4v) is 1.74. The van der Waals surface area contributed by atoms with Crippen molar-refractivity contribution in [1.29, 1.82) is 0 Å². The smallest absolute Gasteiger partial charge is 0.418 e. The molecular weight excluding hydrogens is 237 g/mol. The molecular formula is C13H14FNO3. The van der Waals surface area contributed by atoms with Crippen molar-refractivity contribution in [2.75, 3.05) is 13.7 Å². The van der Waals surface area contributed by atoms with Crippen molar-refractivity contribution in [1.82, 2.24) is 4.57 Å². The van der Waals surface area contributed by atoms with E-state index in [-0.39, 0.29) is 5.75 Å². The number of hydrogen-bond donors (Lipinski definition) is 0. The van der Waals surface area contributed by atoms with Crippen LogP contribution in [-0.4, -0.2) is 24.4 Å². The minimum absolute atomic E-state index is 0.155. The number of ether oxygens (including phenoxy) is 2. The number of carbonyl (C=O) groups excluding carboxylic acids is 1. The molecule has 2 aromatic rings. The molecule has 0 radical (unpaired) electrons. The second-order valence-corrected chi connectivity index (χ2v) is 3.81. The second kappa shape index (κ2) is 5.08. The van der Waals surface area contributed by atoms with Crippen molar-refractivity contribution < 1.29 is 18.7 Å². The number of benzene rings is 1. The molecule has 4 nitrogen and oxygen atoms in total. The van der Waals surface area contributed by atoms with Crippen LogP contribution in [0.25, 0.3) is 10.9 Å². The first kappa shape index (κ1) is 12.4. The molecule has 96 valence electrons. The molecule has 2 rings (SSSR count). The van der Waals surface area contributed by atoms with Crippen LogP contribution in [0.3, 0.4) is 0 Å². The standard InChI is InChI=1S/C13H14FNO3/c1-3-8-18-13(16)15-7-6-9-10(15)4-5-11(17-2)12(9)14/h4-7H,3,8H2,1-2H3. The van der Waals surface area contributed by atoms with Gasteiger partial charge in [-0.3, -0.25) is 4.57 Å². The normalized spacial score (nSPS) is 10.6. The van der Waals surface area contributed by atoms with Crippen molar-refractivity contribution in [3.05, 3.63) is 30.2 Å². The second-order valence-electron chi connectivity index (χ2n) is 3.81. The summed E-state index contributed by atoms with van der Waals surface area (Å²) in [5.41, 5.74) is 0.467. The zero-order valence-electron chi connectivity index (χ0n) is 10.3. The van der Waals surface area contributed by atoms with E-state index in [0.717, 1.165) is 6.42 Å². The van der Waals surface area contributed by atoms with Gasteiger partial charge in [0.25, 0.3) is 0 Å². The summed E-state index contributed by atoms with van der Waals surface area (Å²) in [5.74, 6) is -0.320. The Bertz CT molecular complexity index is 577. The average Bonchev–Trinajstić information content (AvgIpc) is 2.81. The van der Waals surface area contributed by atoms with Crippen LogP contribution < -0.4 is 4.74 Å². The number of hydrogen-bond acceptors (Lipinski definition) is 3. The number of halogens is 1. The summed E-state index contributed by atoms with van der Waals surface area (Å²) < 4.78 is 25.1. The third-order valence-electron chi connectivity index (χ3n) is 2.62. The Morgan fingerprint density at radius 3 is 2.83 bits per heavy atom. The Labute approximate surface area is 104 Å². The van der Waals surface area contributed by atoms with Gasteiger partial charge in [-0.25, -0.2) is 9.18 Å². The topological polar surface area (TPSA) is 40.5 Å². The average molecular weight is 251 g/mol. The predicted molar refractivity (Wildman–Crippen MR) is 65.5 cm³/mol. The molecule has 0 fully saturated rings. The van der Waals surface area contributed by atoms with Gasteiger partial charge >= 0.3 is 6.09 Å². The predicted octanol–water partition coefficient (Wildman–Crippen LogP) is 3.18. The highest BCUT2D eigenvalue weighted by atomic mass is 19.1. The lowest BCUT2D eigenvalue weighted by Crippen LogP contribution is -2.12. The monoisotopic (exact) mass is 251 g/mol. The van der Waals surface area contributed by atoms with Gasteiger partial charge in [-0.15, -0.1) is 0 Å². The number of aromatic nitrogens is 1. The first-order valence-electron chi connectivity index (χ1n) is 5.69. The van der Waals surface area contributed by atoms with Gasteiger partial charge in [-0.05, 0) is 24.6 Å². The molecule has 0 aliphatic rings. The summed E-state index contributed by atoms with van der Waals surface area (Å²) in [6, 6.07) is 4.64. The first-order chi connectivity index (χ1) is 8.69. The molecule has 1 aromatic heterocycles. The molecule has 18 heavy (non-hydrogen) atoms. The lowest BCUT2D eigenvalue weighted by atomic mass is 10.2. The maximum absolute atomic E-state index is 13.9. The lowest BCUT2D eigenvalue weighted by molar-refractivity contribution is 0.149. The van der Waals surface area contributed by atoms with Crippen molar-refractivity contribution in [3.8, 4) is 5.75 Å². The van der Waals surface area contributed by atoms with E-state index in [4.69, 9.17) is 9.47 Å². The van der Waals surface area contributed by atoms with Crippen LogP contribution in [-0.2, 0) is 4.74 Å². The third kappa shape index (κ3) is 2.03. The maximum atomic E-state index is 13.9. The molecule has 5 heteroatoms. The Morgan fingerprint density at radius 2 is 2.17 bits per heavy atom. The van der Waals surface area contributed by atoms with Crippen LogP contribution in [0.2, 0.25) is 0 Å². The van der Waals surface area contributed by atoms with Gasteiger partial charge in [0, 0.05) is 11.6 Å². The fraction of sp³-hybridized carbons (Fsp3) is 0.308. The minimum atomic E-state index is -0.503. The van der Waals surface area contributed by atoms with Crippen LogP contribution in [0.4, 0.5) is 9.18 Å². The van der Waals surface area contributed by atoms with E-state index >= 15 is 0 Å². The molecule has 0 spiro atoms. The third-order valence-corrected chi connectivity index (χ3v) is 2.62. The number of nitrogens with zero attached hydrogens (tertiary/aromatic N) is 1. The molecule has 0 saturated heterocycles. The van der Waals surface area contributed by atoms with Crippen LogP contribution in [0.5, 0.6) is 5.75 Å². The number of fused-ring (bicyclic) bond motifs is 1. The molecule has 1 heterocycles. The van der Waals surface area contributed by atoms with Crippen molar-refractivity contribution in [2.24, 2.45) is 0 Å². The highest BCUT2D eigenvalue weighted by Gasteiger charge is 2.14. The van der Waals surface area contributed by atoms with Gasteiger partial charge in [0.2, 0.25) is 0 Å². The number of rotatable bonds is 3. The minimum Gasteiger partial charge on any atom is -0.494 e. The molecule has 1 aromatic carbocycles. The van der Waals surface area contributed by atoms with Crippen LogP contribution in [0, 0.1) is 5.82 Å². The van der Waals surface area contributed by atoms with E-state index in [2.05, 4.69) is 0 Å². The van der Waals surface area contributed by atoms with E-state index in [0.29, 0.717) is 17.5 Å². The van der Waals surface area contributed by atoms with Gasteiger partial charge in [-0.2, -0.15) is 0 Å². The molecule has 0 aliphatic carbocycles. The number of carbonyl (C=O) groups is 1. The van der Waals surface area contributed by atoms with E-state index < -0.39 is 11.9 Å². The molecule has 0 atom stereocenters. The summed E-state index contributed by atoms with van der Waals surface area (Å²) in [6.45, 7) is 2.25. The summed E-state index contributed by atoms with van der Waals surface area (Å²) in [4.78, 5) is 11.7. The highest BCUT2D eigenvalue weighted by molar-refractivity contribution is 5.90. The molecule has 0 aliphatic heterocycles. The molecule has 0 bridgehead atoms. The highest BCUT2D eigenvalue weighted by Crippen LogP contribution is 2.27. The first-order valence-corrected chi connectivity index (χ1v) is 5.69. The van der Waals surface area contributed by atoms with Gasteiger partial charge in [0.1, 0.15) is 0 Å². The van der Waals surface area contributed by atoms with Crippen molar-refractivity contribution in [2.45, 2.75) is 13.3 Å². The van der Waals surface area contributed by atoms with Gasteiger partial charge in [-0.1, -0.05) is 6.92 Å². The molecule has 0 N–H and O–H groups in total. The van der Waals surface area contributed by atoms with Gasteiger partial charge in [0.05, 0.1) is 19.2 Å². The largest absolute Gasteiger partial charge is 0.494 e. The Morgan fingerprint density at radius 1 is 1.39 bits per heavy atom. The Kier molecular flexibility index (Phi) is 3.50.